The van der Waals surface area contributed by atoms with Gasteiger partial charge in [-0.05, 0) is 24.1 Å². The molecule has 1 amide bonds. The van der Waals surface area contributed by atoms with Gasteiger partial charge in [0.05, 0.1) is 7.11 Å². The van der Waals surface area contributed by atoms with Crippen LogP contribution < -0.4 is 10.1 Å². The topological polar surface area (TPSA) is 79.9 Å². The number of anilines is 1. The van der Waals surface area contributed by atoms with E-state index in [0.29, 0.717) is 24.2 Å². The van der Waals surface area contributed by atoms with Crippen LogP contribution in [0.2, 0.25) is 0 Å². The summed E-state index contributed by atoms with van der Waals surface area (Å²) >= 11 is 0. The molecule has 0 saturated heterocycles. The highest BCUT2D eigenvalue weighted by Gasteiger charge is 2.10. The van der Waals surface area contributed by atoms with Crippen molar-refractivity contribution in [3.63, 3.8) is 0 Å². The smallest absolute Gasteiger partial charge is 0.225 e. The molecule has 0 saturated carbocycles. The van der Waals surface area contributed by atoms with E-state index in [1.54, 1.807) is 20.4 Å². The summed E-state index contributed by atoms with van der Waals surface area (Å²) < 4.78 is 6.58. The Kier molecular flexibility index (Phi) is 4.57. The van der Waals surface area contributed by atoms with Gasteiger partial charge in [-0.15, -0.1) is 0 Å². The summed E-state index contributed by atoms with van der Waals surface area (Å²) in [6, 6.07) is 9.57. The van der Waals surface area contributed by atoms with Gasteiger partial charge in [0.1, 0.15) is 17.4 Å². The number of rotatable bonds is 5. The largest absolute Gasteiger partial charge is 0.497 e. The van der Waals surface area contributed by atoms with Gasteiger partial charge in [0.2, 0.25) is 5.91 Å². The standard InChI is InChI=1S/C15H16N4O2/c1-19-10-12(9-16)15(18-19)17-14(20)8-5-11-3-6-13(21-2)7-4-11/h3-4,6-7,10H,5,8H2,1-2H3,(H,17,18,20). The zero-order valence-corrected chi connectivity index (χ0v) is 12.0. The molecule has 0 aliphatic carbocycles. The summed E-state index contributed by atoms with van der Waals surface area (Å²) in [7, 11) is 3.32. The molecule has 108 valence electrons. The second kappa shape index (κ2) is 6.57. The van der Waals surface area contributed by atoms with Crippen LogP contribution in [0, 0.1) is 11.3 Å². The highest BCUT2D eigenvalue weighted by Crippen LogP contribution is 2.14. The lowest BCUT2D eigenvalue weighted by molar-refractivity contribution is -0.116. The normalized spacial score (nSPS) is 9.95. The van der Waals surface area contributed by atoms with Gasteiger partial charge in [-0.2, -0.15) is 10.4 Å². The lowest BCUT2D eigenvalue weighted by Crippen LogP contribution is -2.13. The van der Waals surface area contributed by atoms with E-state index in [2.05, 4.69) is 10.4 Å². The Morgan fingerprint density at radius 1 is 1.43 bits per heavy atom. The molecule has 0 atom stereocenters. The Bertz CT molecular complexity index is 668. The zero-order valence-electron chi connectivity index (χ0n) is 12.0. The molecule has 0 aliphatic heterocycles. The number of nitrogens with zero attached hydrogens (tertiary/aromatic N) is 3. The third-order valence-corrected chi connectivity index (χ3v) is 3.01. The van der Waals surface area contributed by atoms with Crippen LogP contribution in [0.1, 0.15) is 17.5 Å². The van der Waals surface area contributed by atoms with Crippen molar-refractivity contribution < 1.29 is 9.53 Å². The predicted octanol–water partition coefficient (Wildman–Crippen LogP) is 1.87. The van der Waals surface area contributed by atoms with Crippen molar-refractivity contribution >= 4 is 11.7 Å². The maximum Gasteiger partial charge on any atom is 0.225 e. The number of amides is 1. The Morgan fingerprint density at radius 2 is 2.14 bits per heavy atom. The van der Waals surface area contributed by atoms with Crippen LogP contribution in [0.4, 0.5) is 5.82 Å². The van der Waals surface area contributed by atoms with Gasteiger partial charge >= 0.3 is 0 Å². The molecule has 2 rings (SSSR count). The first-order chi connectivity index (χ1) is 10.1. The number of methoxy groups -OCH3 is 1. The molecular formula is C15H16N4O2. The highest BCUT2D eigenvalue weighted by atomic mass is 16.5. The maximum absolute atomic E-state index is 11.9. The van der Waals surface area contributed by atoms with Crippen molar-refractivity contribution in [2.75, 3.05) is 12.4 Å². The van der Waals surface area contributed by atoms with Crippen LogP contribution in [0.3, 0.4) is 0 Å². The molecule has 0 fully saturated rings. The van der Waals surface area contributed by atoms with E-state index in [9.17, 15) is 4.79 Å². The summed E-state index contributed by atoms with van der Waals surface area (Å²) in [6.07, 6.45) is 2.51. The van der Waals surface area contributed by atoms with E-state index in [1.165, 1.54) is 4.68 Å². The minimum absolute atomic E-state index is 0.166. The van der Waals surface area contributed by atoms with Gasteiger partial charge in [0, 0.05) is 19.7 Å². The number of nitrogens with one attached hydrogen (secondary N) is 1. The Labute approximate surface area is 123 Å². The van der Waals surface area contributed by atoms with Gasteiger partial charge in [-0.25, -0.2) is 0 Å². The van der Waals surface area contributed by atoms with E-state index < -0.39 is 0 Å². The number of hydrogen-bond acceptors (Lipinski definition) is 4. The number of aryl methyl sites for hydroxylation is 2. The molecule has 0 radical (unpaired) electrons. The summed E-state index contributed by atoms with van der Waals surface area (Å²) in [6.45, 7) is 0. The Hall–Kier alpha value is -2.81. The first-order valence-corrected chi connectivity index (χ1v) is 6.49. The van der Waals surface area contributed by atoms with E-state index in [-0.39, 0.29) is 5.91 Å². The van der Waals surface area contributed by atoms with Crippen molar-refractivity contribution in [1.82, 2.24) is 9.78 Å². The van der Waals surface area contributed by atoms with Crippen LogP contribution in [0.25, 0.3) is 0 Å². The fraction of sp³-hybridized carbons (Fsp3) is 0.267. The number of benzene rings is 1. The van der Waals surface area contributed by atoms with E-state index in [0.717, 1.165) is 11.3 Å². The quantitative estimate of drug-likeness (QED) is 0.909. The minimum atomic E-state index is -0.166. The number of nitriles is 1. The van der Waals surface area contributed by atoms with Crippen LogP contribution in [0.15, 0.2) is 30.5 Å². The fourth-order valence-electron chi connectivity index (χ4n) is 1.91. The van der Waals surface area contributed by atoms with Crippen molar-refractivity contribution in [1.29, 1.82) is 5.26 Å². The Morgan fingerprint density at radius 3 is 2.76 bits per heavy atom. The molecule has 0 unspecified atom stereocenters. The van der Waals surface area contributed by atoms with E-state index in [1.807, 2.05) is 30.3 Å². The average molecular weight is 284 g/mol. The monoisotopic (exact) mass is 284 g/mol. The molecule has 2 aromatic rings. The molecule has 0 bridgehead atoms. The summed E-state index contributed by atoms with van der Waals surface area (Å²) in [5.74, 6) is 0.927. The molecule has 0 spiro atoms. The predicted molar refractivity (Wildman–Crippen MR) is 77.9 cm³/mol. The molecule has 6 nitrogen and oxygen atoms in total. The lowest BCUT2D eigenvalue weighted by atomic mass is 10.1. The molecule has 1 aromatic carbocycles. The molecule has 0 aliphatic rings. The lowest BCUT2D eigenvalue weighted by Gasteiger charge is -2.04. The number of carbonyl (C=O) groups is 1. The van der Waals surface area contributed by atoms with Gasteiger partial charge in [-0.3, -0.25) is 9.48 Å². The SMILES string of the molecule is COc1ccc(CCC(=O)Nc2nn(C)cc2C#N)cc1. The number of ether oxygens (including phenoxy) is 1. The van der Waals surface area contributed by atoms with Crippen LogP contribution in [-0.4, -0.2) is 22.8 Å². The number of hydrogen-bond donors (Lipinski definition) is 1. The minimum Gasteiger partial charge on any atom is -0.497 e. The number of aromatic nitrogens is 2. The van der Waals surface area contributed by atoms with Gasteiger partial charge in [0.15, 0.2) is 5.82 Å². The summed E-state index contributed by atoms with van der Waals surface area (Å²) in [4.78, 5) is 11.9. The molecule has 1 aromatic heterocycles. The van der Waals surface area contributed by atoms with Crippen molar-refractivity contribution in [2.24, 2.45) is 7.05 Å². The molecule has 1 heterocycles. The van der Waals surface area contributed by atoms with Crippen LogP contribution in [0.5, 0.6) is 5.75 Å². The van der Waals surface area contributed by atoms with Gasteiger partial charge in [-0.1, -0.05) is 12.1 Å². The van der Waals surface area contributed by atoms with E-state index in [4.69, 9.17) is 10.00 Å². The average Bonchev–Trinajstić information content (AvgIpc) is 2.85. The first-order valence-electron chi connectivity index (χ1n) is 6.49. The molecular weight excluding hydrogens is 268 g/mol. The highest BCUT2D eigenvalue weighted by molar-refractivity contribution is 5.91. The second-order valence-corrected chi connectivity index (χ2v) is 4.57. The van der Waals surface area contributed by atoms with Crippen LogP contribution >= 0.6 is 0 Å². The third kappa shape index (κ3) is 3.83. The third-order valence-electron chi connectivity index (χ3n) is 3.01. The summed E-state index contributed by atoms with van der Waals surface area (Å²) in [5, 5.41) is 15.6. The van der Waals surface area contributed by atoms with Gasteiger partial charge < -0.3 is 10.1 Å². The maximum atomic E-state index is 11.9. The van der Waals surface area contributed by atoms with E-state index >= 15 is 0 Å². The Balaban J connectivity index is 1.91. The molecule has 6 heteroatoms. The summed E-state index contributed by atoms with van der Waals surface area (Å²) in [5.41, 5.74) is 1.41. The van der Waals surface area contributed by atoms with Crippen molar-refractivity contribution in [3.05, 3.63) is 41.6 Å². The zero-order chi connectivity index (χ0) is 15.2. The van der Waals surface area contributed by atoms with Crippen molar-refractivity contribution in [2.45, 2.75) is 12.8 Å². The first kappa shape index (κ1) is 14.6. The van der Waals surface area contributed by atoms with Crippen molar-refractivity contribution in [3.8, 4) is 11.8 Å². The molecule has 1 N–H and O–H groups in total. The van der Waals surface area contributed by atoms with Gasteiger partial charge in [0.25, 0.3) is 0 Å². The fourth-order valence-corrected chi connectivity index (χ4v) is 1.91. The molecule has 21 heavy (non-hydrogen) atoms. The number of carbonyl (C=O) groups excluding carboxylic acids is 1. The van der Waals surface area contributed by atoms with Crippen LogP contribution in [-0.2, 0) is 18.3 Å². The second-order valence-electron chi connectivity index (χ2n) is 4.57.